The Morgan fingerprint density at radius 1 is 0.615 bits per heavy atom. The molecule has 0 aliphatic carbocycles. The van der Waals surface area contributed by atoms with Crippen molar-refractivity contribution in [3.05, 3.63) is 105 Å². The van der Waals surface area contributed by atoms with Crippen LogP contribution in [0.3, 0.4) is 0 Å². The van der Waals surface area contributed by atoms with Gasteiger partial charge in [0.2, 0.25) is 23.3 Å². The molecule has 11 heteroatoms. The molecule has 11 nitrogen and oxygen atoms in total. The third-order valence-corrected chi connectivity index (χ3v) is 5.61. The molecule has 4 aromatic carbocycles. The van der Waals surface area contributed by atoms with E-state index >= 15 is 0 Å². The van der Waals surface area contributed by atoms with Crippen molar-refractivity contribution in [3.8, 4) is 33.8 Å². The van der Waals surface area contributed by atoms with Gasteiger partial charge in [0.1, 0.15) is 0 Å². The predicted octanol–water partition coefficient (Wildman–Crippen LogP) is 6.55. The molecule has 0 aromatic heterocycles. The van der Waals surface area contributed by atoms with Gasteiger partial charge in [-0.15, -0.1) is 0 Å². The van der Waals surface area contributed by atoms with Crippen molar-refractivity contribution in [1.82, 2.24) is 0 Å². The maximum atomic E-state index is 12.4. The number of hydrogen-bond donors (Lipinski definition) is 2. The Bertz CT molecular complexity index is 1470. The van der Waals surface area contributed by atoms with Crippen molar-refractivity contribution in [2.45, 2.75) is 13.8 Å². The lowest BCUT2D eigenvalue weighted by Crippen LogP contribution is -2.09. The Balaban J connectivity index is 1.97. The molecule has 0 radical (unpaired) electrons. The minimum Gasteiger partial charge on any atom is -0.443 e. The van der Waals surface area contributed by atoms with Gasteiger partial charge in [0.15, 0.2) is 0 Å². The molecule has 0 atom stereocenters. The smallest absolute Gasteiger partial charge is 0.321 e. The Labute approximate surface area is 222 Å². The number of nitro benzene ring substituents is 2. The van der Waals surface area contributed by atoms with E-state index in [-0.39, 0.29) is 34.0 Å². The van der Waals surface area contributed by atoms with Gasteiger partial charge in [0.25, 0.3) is 0 Å². The molecule has 0 aliphatic rings. The van der Waals surface area contributed by atoms with Crippen molar-refractivity contribution < 1.29 is 24.2 Å². The molecule has 4 rings (SSSR count). The van der Waals surface area contributed by atoms with Crippen LogP contribution in [0.15, 0.2) is 84.9 Å². The molecule has 0 heterocycles. The van der Waals surface area contributed by atoms with Crippen LogP contribution in [0.25, 0.3) is 22.3 Å². The van der Waals surface area contributed by atoms with Crippen molar-refractivity contribution in [1.29, 1.82) is 0 Å². The molecule has 0 bridgehead atoms. The number of nitro groups is 2. The van der Waals surface area contributed by atoms with E-state index in [9.17, 15) is 29.8 Å². The lowest BCUT2D eigenvalue weighted by Gasteiger charge is -2.16. The Kier molecular flexibility index (Phi) is 7.62. The number of anilines is 2. The van der Waals surface area contributed by atoms with Crippen LogP contribution in [0, 0.1) is 20.2 Å². The second kappa shape index (κ2) is 11.2. The van der Waals surface area contributed by atoms with Crippen LogP contribution in [0.2, 0.25) is 0 Å². The summed E-state index contributed by atoms with van der Waals surface area (Å²) in [5.41, 5.74) is 0.380. The molecule has 196 valence electrons. The Morgan fingerprint density at radius 3 is 1.28 bits per heavy atom. The summed E-state index contributed by atoms with van der Waals surface area (Å²) >= 11 is 0. The van der Waals surface area contributed by atoms with Gasteiger partial charge in [-0.2, -0.15) is 0 Å². The first-order valence-electron chi connectivity index (χ1n) is 11.6. The number of hydrogen-bond acceptors (Lipinski definition) is 7. The van der Waals surface area contributed by atoms with Crippen molar-refractivity contribution >= 4 is 34.6 Å². The number of carbonyl (C=O) groups is 2. The highest BCUT2D eigenvalue weighted by atomic mass is 16.6. The number of nitrogens with zero attached hydrogens (tertiary/aromatic N) is 2. The number of carbonyl (C=O) groups excluding carboxylic acids is 2. The number of rotatable bonds is 8. The number of amides is 2. The van der Waals surface area contributed by atoms with Crippen molar-refractivity contribution in [3.63, 3.8) is 0 Å². The van der Waals surface area contributed by atoms with E-state index in [0.29, 0.717) is 11.1 Å². The van der Waals surface area contributed by atoms with Crippen LogP contribution in [-0.4, -0.2) is 21.7 Å². The summed E-state index contributed by atoms with van der Waals surface area (Å²) in [5, 5.41) is 29.9. The molecular formula is C28H22N4O7. The molecule has 0 aliphatic heterocycles. The standard InChI is InChI=1S/C28H22N4O7/c1-17(33)29-21-13-15-23(27(31(35)36)25(21)19-9-5-3-6-10-19)39-24-16-14-22(30-18(2)34)26(28(24)32(37)38)20-11-7-4-8-12-20/h3-16H,1-2H3,(H,29,33)(H,30,34). The first kappa shape index (κ1) is 26.5. The van der Waals surface area contributed by atoms with E-state index in [1.807, 2.05) is 0 Å². The first-order valence-corrected chi connectivity index (χ1v) is 11.6. The summed E-state index contributed by atoms with van der Waals surface area (Å²) in [5.74, 6) is -1.43. The third kappa shape index (κ3) is 5.72. The van der Waals surface area contributed by atoms with Crippen LogP contribution in [-0.2, 0) is 9.59 Å². The molecule has 2 amide bonds. The van der Waals surface area contributed by atoms with Gasteiger partial charge in [-0.25, -0.2) is 0 Å². The molecular weight excluding hydrogens is 504 g/mol. The second-order valence-electron chi connectivity index (χ2n) is 8.38. The third-order valence-electron chi connectivity index (χ3n) is 5.61. The Morgan fingerprint density at radius 2 is 0.974 bits per heavy atom. The largest absolute Gasteiger partial charge is 0.443 e. The van der Waals surface area contributed by atoms with Gasteiger partial charge in [-0.1, -0.05) is 60.7 Å². The molecule has 2 N–H and O–H groups in total. The number of nitrogens with one attached hydrogen (secondary N) is 2. The van der Waals surface area contributed by atoms with Gasteiger partial charge in [-0.3, -0.25) is 29.8 Å². The predicted molar refractivity (Wildman–Crippen MR) is 146 cm³/mol. The summed E-state index contributed by atoms with van der Waals surface area (Å²) in [6, 6.07) is 22.1. The zero-order valence-electron chi connectivity index (χ0n) is 20.8. The Hall–Kier alpha value is -5.58. The first-order chi connectivity index (χ1) is 18.7. The molecule has 0 spiro atoms. The molecule has 39 heavy (non-hydrogen) atoms. The van der Waals surface area contributed by atoms with Gasteiger partial charge in [0.05, 0.1) is 32.3 Å². The maximum Gasteiger partial charge on any atom is 0.321 e. The minimum atomic E-state index is -0.668. The van der Waals surface area contributed by atoms with Crippen LogP contribution in [0.5, 0.6) is 11.5 Å². The fraction of sp³-hybridized carbons (Fsp3) is 0.0714. The van der Waals surface area contributed by atoms with Crippen LogP contribution in [0.1, 0.15) is 13.8 Å². The highest BCUT2D eigenvalue weighted by Crippen LogP contribution is 2.48. The topological polar surface area (TPSA) is 154 Å². The number of benzene rings is 4. The average Bonchev–Trinajstić information content (AvgIpc) is 2.89. The summed E-state index contributed by atoms with van der Waals surface area (Å²) in [6.45, 7) is 2.55. The minimum absolute atomic E-state index is 0.0779. The summed E-state index contributed by atoms with van der Waals surface area (Å²) in [4.78, 5) is 47.1. The zero-order valence-corrected chi connectivity index (χ0v) is 20.8. The van der Waals surface area contributed by atoms with Gasteiger partial charge >= 0.3 is 11.4 Å². The normalized spacial score (nSPS) is 10.4. The molecule has 0 saturated carbocycles. The van der Waals surface area contributed by atoms with E-state index in [1.54, 1.807) is 60.7 Å². The van der Waals surface area contributed by atoms with Crippen LogP contribution in [0.4, 0.5) is 22.7 Å². The van der Waals surface area contributed by atoms with Crippen molar-refractivity contribution in [2.75, 3.05) is 10.6 Å². The summed E-state index contributed by atoms with van der Waals surface area (Å²) in [7, 11) is 0. The van der Waals surface area contributed by atoms with E-state index in [2.05, 4.69) is 10.6 Å². The van der Waals surface area contributed by atoms with Crippen LogP contribution < -0.4 is 15.4 Å². The molecule has 4 aromatic rings. The van der Waals surface area contributed by atoms with E-state index in [4.69, 9.17) is 4.74 Å². The van der Waals surface area contributed by atoms with E-state index in [0.717, 1.165) is 0 Å². The zero-order chi connectivity index (χ0) is 28.1. The monoisotopic (exact) mass is 526 g/mol. The average molecular weight is 527 g/mol. The quantitative estimate of drug-likeness (QED) is 0.195. The number of ether oxygens (including phenoxy) is 1. The van der Waals surface area contributed by atoms with Crippen LogP contribution >= 0.6 is 0 Å². The maximum absolute atomic E-state index is 12.4. The van der Waals surface area contributed by atoms with E-state index in [1.165, 1.54) is 38.1 Å². The summed E-state index contributed by atoms with van der Waals surface area (Å²) in [6.07, 6.45) is 0. The van der Waals surface area contributed by atoms with Gasteiger partial charge in [0, 0.05) is 13.8 Å². The van der Waals surface area contributed by atoms with E-state index < -0.39 is 33.0 Å². The van der Waals surface area contributed by atoms with Gasteiger partial charge in [-0.05, 0) is 35.4 Å². The fourth-order valence-corrected chi connectivity index (χ4v) is 4.17. The molecule has 0 fully saturated rings. The van der Waals surface area contributed by atoms with Crippen molar-refractivity contribution in [2.24, 2.45) is 0 Å². The fourth-order valence-electron chi connectivity index (χ4n) is 4.17. The molecule has 0 unspecified atom stereocenters. The SMILES string of the molecule is CC(=O)Nc1ccc(Oc2ccc(NC(C)=O)c(-c3ccccc3)c2[N+](=O)[O-])c([N+](=O)[O-])c1-c1ccccc1. The lowest BCUT2D eigenvalue weighted by molar-refractivity contribution is -0.386. The summed E-state index contributed by atoms with van der Waals surface area (Å²) < 4.78 is 5.90. The molecule has 0 saturated heterocycles. The lowest BCUT2D eigenvalue weighted by atomic mass is 9.99. The highest BCUT2D eigenvalue weighted by molar-refractivity contribution is 5.99. The highest BCUT2D eigenvalue weighted by Gasteiger charge is 2.31. The van der Waals surface area contributed by atoms with Gasteiger partial charge < -0.3 is 15.4 Å². The second-order valence-corrected chi connectivity index (χ2v) is 8.38.